The van der Waals surface area contributed by atoms with Crippen molar-refractivity contribution in [3.63, 3.8) is 0 Å². The first-order chi connectivity index (χ1) is 7.62. The van der Waals surface area contributed by atoms with Gasteiger partial charge in [-0.2, -0.15) is 0 Å². The Balaban J connectivity index is 2.72. The van der Waals surface area contributed by atoms with Crippen LogP contribution in [0.1, 0.15) is 26.7 Å². The fourth-order valence-corrected chi connectivity index (χ4v) is 3.16. The molecule has 1 saturated heterocycles. The van der Waals surface area contributed by atoms with Crippen LogP contribution < -0.4 is 0 Å². The molecule has 0 unspecified atom stereocenters. The molecule has 0 aromatic rings. The third-order valence-corrected chi connectivity index (χ3v) is 4.12. The van der Waals surface area contributed by atoms with Crippen molar-refractivity contribution in [2.45, 2.75) is 26.7 Å². The molecule has 0 aromatic heterocycles. The van der Waals surface area contributed by atoms with Crippen LogP contribution in [0.25, 0.3) is 0 Å². The van der Waals surface area contributed by atoms with Crippen molar-refractivity contribution < 1.29 is 23.1 Å². The van der Waals surface area contributed by atoms with Gasteiger partial charge in [0, 0.05) is 5.31 Å². The second kappa shape index (κ2) is 6.18. The normalized spacial score (nSPS) is 19.8. The largest absolute Gasteiger partial charge is 0.466 e. The zero-order valence-corrected chi connectivity index (χ0v) is 10.5. The van der Waals surface area contributed by atoms with Gasteiger partial charge in [-0.05, 0) is 13.3 Å². The Morgan fingerprint density at radius 2 is 2.00 bits per heavy atom. The molecule has 0 radical (unpaired) electrons. The fraction of sp³-hybridized carbons (Fsp3) is 0.700. The highest BCUT2D eigenvalue weighted by molar-refractivity contribution is 7.58. The Morgan fingerprint density at radius 3 is 2.50 bits per heavy atom. The SMILES string of the molecule is CC/C=C(\CC(=O)OCC)P1(=O)OCCO1. The highest BCUT2D eigenvalue weighted by Crippen LogP contribution is 2.60. The van der Waals surface area contributed by atoms with Crippen molar-refractivity contribution in [1.29, 1.82) is 0 Å². The van der Waals surface area contributed by atoms with E-state index in [1.807, 2.05) is 6.92 Å². The molecule has 1 fully saturated rings. The molecule has 0 N–H and O–H groups in total. The van der Waals surface area contributed by atoms with Crippen molar-refractivity contribution in [1.82, 2.24) is 0 Å². The third kappa shape index (κ3) is 3.44. The van der Waals surface area contributed by atoms with Crippen molar-refractivity contribution in [2.24, 2.45) is 0 Å². The summed E-state index contributed by atoms with van der Waals surface area (Å²) < 4.78 is 27.1. The van der Waals surface area contributed by atoms with E-state index < -0.39 is 13.6 Å². The summed E-state index contributed by atoms with van der Waals surface area (Å²) in [5, 5.41) is 0.408. The standard InChI is InChI=1S/C10H17O5P/c1-3-5-9(8-10(11)13-4-2)16(12)14-6-7-15-16/h5H,3-4,6-8H2,1-2H3/b9-5+. The molecular weight excluding hydrogens is 231 g/mol. The van der Waals surface area contributed by atoms with E-state index in [9.17, 15) is 9.36 Å². The topological polar surface area (TPSA) is 61.8 Å². The van der Waals surface area contributed by atoms with Gasteiger partial charge in [0.25, 0.3) is 0 Å². The minimum absolute atomic E-state index is 0.0288. The molecule has 0 amide bonds. The van der Waals surface area contributed by atoms with Crippen LogP contribution in [0.4, 0.5) is 0 Å². The van der Waals surface area contributed by atoms with Gasteiger partial charge >= 0.3 is 13.6 Å². The van der Waals surface area contributed by atoms with Gasteiger partial charge < -0.3 is 13.8 Å². The zero-order valence-electron chi connectivity index (χ0n) is 9.60. The Bertz CT molecular complexity index is 313. The maximum atomic E-state index is 12.1. The van der Waals surface area contributed by atoms with Crippen LogP contribution in [0.2, 0.25) is 0 Å². The molecule has 0 spiro atoms. The van der Waals surface area contributed by atoms with Gasteiger partial charge in [0.2, 0.25) is 0 Å². The van der Waals surface area contributed by atoms with E-state index in [-0.39, 0.29) is 6.42 Å². The number of carbonyl (C=O) groups excluding carboxylic acids is 1. The smallest absolute Gasteiger partial charge is 0.357 e. The number of allylic oxidation sites excluding steroid dienone is 1. The lowest BCUT2D eigenvalue weighted by molar-refractivity contribution is -0.142. The first-order valence-electron chi connectivity index (χ1n) is 5.36. The maximum Gasteiger partial charge on any atom is 0.357 e. The van der Waals surface area contributed by atoms with Crippen LogP contribution in [-0.2, 0) is 23.1 Å². The summed E-state index contributed by atoms with van der Waals surface area (Å²) in [6.07, 6.45) is 2.35. The minimum atomic E-state index is -3.21. The predicted molar refractivity (Wildman–Crippen MR) is 59.1 cm³/mol. The van der Waals surface area contributed by atoms with Gasteiger partial charge in [0.15, 0.2) is 0 Å². The van der Waals surface area contributed by atoms with E-state index in [4.69, 9.17) is 13.8 Å². The average Bonchev–Trinajstić information content (AvgIpc) is 2.66. The van der Waals surface area contributed by atoms with Gasteiger partial charge in [0.05, 0.1) is 26.2 Å². The lowest BCUT2D eigenvalue weighted by atomic mass is 10.3. The van der Waals surface area contributed by atoms with E-state index in [1.165, 1.54) is 0 Å². The summed E-state index contributed by atoms with van der Waals surface area (Å²) >= 11 is 0. The van der Waals surface area contributed by atoms with E-state index in [0.29, 0.717) is 31.6 Å². The molecule has 92 valence electrons. The van der Waals surface area contributed by atoms with Crippen LogP contribution in [0, 0.1) is 0 Å². The van der Waals surface area contributed by atoms with Crippen molar-refractivity contribution in [3.8, 4) is 0 Å². The maximum absolute atomic E-state index is 12.1. The number of esters is 1. The minimum Gasteiger partial charge on any atom is -0.466 e. The summed E-state index contributed by atoms with van der Waals surface area (Å²) in [6.45, 7) is 4.55. The summed E-state index contributed by atoms with van der Waals surface area (Å²) in [5.41, 5.74) is 0. The lowest BCUT2D eigenvalue weighted by Gasteiger charge is -2.13. The Morgan fingerprint density at radius 1 is 1.38 bits per heavy atom. The van der Waals surface area contributed by atoms with E-state index >= 15 is 0 Å². The molecule has 0 aromatic carbocycles. The first-order valence-corrected chi connectivity index (χ1v) is 6.91. The van der Waals surface area contributed by atoms with Gasteiger partial charge in [0.1, 0.15) is 0 Å². The van der Waals surface area contributed by atoms with E-state index in [2.05, 4.69) is 0 Å². The Kier molecular flexibility index (Phi) is 5.19. The zero-order chi connectivity index (χ0) is 12.0. The molecule has 1 heterocycles. The van der Waals surface area contributed by atoms with Crippen LogP contribution in [-0.4, -0.2) is 25.8 Å². The van der Waals surface area contributed by atoms with Gasteiger partial charge in [-0.25, -0.2) is 0 Å². The molecule has 1 aliphatic rings. The van der Waals surface area contributed by atoms with Crippen LogP contribution in [0.15, 0.2) is 11.4 Å². The van der Waals surface area contributed by atoms with Gasteiger partial charge in [-0.3, -0.25) is 9.36 Å². The summed E-state index contributed by atoms with van der Waals surface area (Å²) in [6, 6.07) is 0. The number of hydrogen-bond acceptors (Lipinski definition) is 5. The second-order valence-electron chi connectivity index (χ2n) is 3.25. The van der Waals surface area contributed by atoms with E-state index in [1.54, 1.807) is 13.0 Å². The molecule has 1 rings (SSSR count). The fourth-order valence-electron chi connectivity index (χ4n) is 1.39. The number of carbonyl (C=O) groups is 1. The van der Waals surface area contributed by atoms with E-state index in [0.717, 1.165) is 0 Å². The quantitative estimate of drug-likeness (QED) is 0.552. The van der Waals surface area contributed by atoms with Crippen LogP contribution in [0.3, 0.4) is 0 Å². The van der Waals surface area contributed by atoms with Gasteiger partial charge in [-0.15, -0.1) is 0 Å². The highest BCUT2D eigenvalue weighted by atomic mass is 31.2. The molecule has 16 heavy (non-hydrogen) atoms. The number of hydrogen-bond donors (Lipinski definition) is 0. The number of rotatable bonds is 5. The molecule has 0 aliphatic carbocycles. The van der Waals surface area contributed by atoms with Crippen LogP contribution in [0.5, 0.6) is 0 Å². The second-order valence-corrected chi connectivity index (χ2v) is 5.34. The monoisotopic (exact) mass is 248 g/mol. The lowest BCUT2D eigenvalue weighted by Crippen LogP contribution is -2.05. The third-order valence-electron chi connectivity index (χ3n) is 2.03. The molecule has 0 atom stereocenters. The highest BCUT2D eigenvalue weighted by Gasteiger charge is 2.35. The predicted octanol–water partition coefficient (Wildman–Crippen LogP) is 2.47. The van der Waals surface area contributed by atoms with Crippen molar-refractivity contribution in [3.05, 3.63) is 11.4 Å². The number of ether oxygens (including phenoxy) is 1. The van der Waals surface area contributed by atoms with Crippen molar-refractivity contribution in [2.75, 3.05) is 19.8 Å². The Labute approximate surface area is 95.3 Å². The first kappa shape index (κ1) is 13.4. The molecular formula is C10H17O5P. The molecule has 0 bridgehead atoms. The Hall–Kier alpha value is -0.640. The van der Waals surface area contributed by atoms with Gasteiger partial charge in [-0.1, -0.05) is 13.0 Å². The molecule has 5 nitrogen and oxygen atoms in total. The summed E-state index contributed by atoms with van der Waals surface area (Å²) in [5.74, 6) is -0.406. The molecule has 1 aliphatic heterocycles. The van der Waals surface area contributed by atoms with Crippen molar-refractivity contribution >= 4 is 13.6 Å². The van der Waals surface area contributed by atoms with Crippen LogP contribution >= 0.6 is 7.60 Å². The summed E-state index contributed by atoms with van der Waals surface area (Å²) in [7, 11) is -3.21. The molecule has 0 saturated carbocycles. The molecule has 6 heteroatoms. The average molecular weight is 248 g/mol. The summed E-state index contributed by atoms with van der Waals surface area (Å²) in [4.78, 5) is 11.3.